The van der Waals surface area contributed by atoms with Gasteiger partial charge in [-0.25, -0.2) is 0 Å². The molecular formula is C15H18ClNO3. The molecule has 1 aliphatic carbocycles. The molecule has 2 N–H and O–H groups in total. The van der Waals surface area contributed by atoms with E-state index in [1.807, 2.05) is 13.0 Å². The predicted octanol–water partition coefficient (Wildman–Crippen LogP) is 3.48. The number of carboxylic acids is 1. The zero-order chi connectivity index (χ0) is 14.7. The fourth-order valence-corrected chi connectivity index (χ4v) is 2.84. The molecule has 0 radical (unpaired) electrons. The monoisotopic (exact) mass is 295 g/mol. The number of carbonyl (C=O) groups is 2. The van der Waals surface area contributed by atoms with Crippen molar-refractivity contribution in [2.45, 2.75) is 32.6 Å². The molecule has 0 unspecified atom stereocenters. The Kier molecular flexibility index (Phi) is 4.65. The molecule has 0 aliphatic heterocycles. The van der Waals surface area contributed by atoms with E-state index in [4.69, 9.17) is 16.7 Å². The molecule has 20 heavy (non-hydrogen) atoms. The van der Waals surface area contributed by atoms with Gasteiger partial charge in [0.05, 0.1) is 16.6 Å². The zero-order valence-electron chi connectivity index (χ0n) is 11.4. The molecule has 0 aromatic heterocycles. The van der Waals surface area contributed by atoms with Crippen molar-refractivity contribution >= 4 is 29.2 Å². The molecule has 0 spiro atoms. The molecule has 4 nitrogen and oxygen atoms in total. The third-order valence-corrected chi connectivity index (χ3v) is 4.14. The van der Waals surface area contributed by atoms with Crippen molar-refractivity contribution in [3.05, 3.63) is 28.8 Å². The Bertz CT molecular complexity index is 522. The van der Waals surface area contributed by atoms with Crippen LogP contribution in [-0.2, 0) is 9.59 Å². The van der Waals surface area contributed by atoms with Crippen LogP contribution in [0.3, 0.4) is 0 Å². The van der Waals surface area contributed by atoms with Gasteiger partial charge in [-0.1, -0.05) is 17.7 Å². The van der Waals surface area contributed by atoms with Gasteiger partial charge in [-0.3, -0.25) is 9.59 Å². The van der Waals surface area contributed by atoms with Gasteiger partial charge in [0.25, 0.3) is 0 Å². The summed E-state index contributed by atoms with van der Waals surface area (Å²) in [6, 6.07) is 5.49. The number of amides is 1. The quantitative estimate of drug-likeness (QED) is 0.897. The molecule has 2 rings (SSSR count). The van der Waals surface area contributed by atoms with Crippen LogP contribution in [0, 0.1) is 18.8 Å². The van der Waals surface area contributed by atoms with Crippen LogP contribution in [0.4, 0.5) is 5.69 Å². The summed E-state index contributed by atoms with van der Waals surface area (Å²) < 4.78 is 0. The molecule has 1 aromatic rings. The highest BCUT2D eigenvalue weighted by molar-refractivity contribution is 6.33. The number of rotatable bonds is 3. The average molecular weight is 296 g/mol. The first kappa shape index (κ1) is 14.9. The molecule has 1 aromatic carbocycles. The van der Waals surface area contributed by atoms with Crippen LogP contribution in [0.25, 0.3) is 0 Å². The van der Waals surface area contributed by atoms with E-state index in [0.717, 1.165) is 5.56 Å². The van der Waals surface area contributed by atoms with Crippen molar-refractivity contribution < 1.29 is 14.7 Å². The Balaban J connectivity index is 1.94. The van der Waals surface area contributed by atoms with E-state index in [0.29, 0.717) is 36.4 Å². The van der Waals surface area contributed by atoms with E-state index in [-0.39, 0.29) is 17.7 Å². The SMILES string of the molecule is Cc1ccc(NC(=O)C2CCC(C(=O)O)CC2)c(Cl)c1. The molecular weight excluding hydrogens is 278 g/mol. The van der Waals surface area contributed by atoms with E-state index < -0.39 is 5.97 Å². The maximum absolute atomic E-state index is 12.2. The van der Waals surface area contributed by atoms with Crippen LogP contribution in [0.1, 0.15) is 31.2 Å². The van der Waals surface area contributed by atoms with Crippen LogP contribution in [0.2, 0.25) is 5.02 Å². The highest BCUT2D eigenvalue weighted by Gasteiger charge is 2.29. The van der Waals surface area contributed by atoms with E-state index in [2.05, 4.69) is 5.32 Å². The van der Waals surface area contributed by atoms with Crippen molar-refractivity contribution in [1.29, 1.82) is 0 Å². The van der Waals surface area contributed by atoms with Gasteiger partial charge >= 0.3 is 5.97 Å². The van der Waals surface area contributed by atoms with Crippen LogP contribution < -0.4 is 5.32 Å². The summed E-state index contributed by atoms with van der Waals surface area (Å²) in [4.78, 5) is 23.0. The standard InChI is InChI=1S/C15H18ClNO3/c1-9-2-7-13(12(16)8-9)17-14(18)10-3-5-11(6-4-10)15(19)20/h2,7-8,10-11H,3-6H2,1H3,(H,17,18)(H,19,20). The Labute approximate surface area is 123 Å². The number of anilines is 1. The zero-order valence-corrected chi connectivity index (χ0v) is 12.1. The summed E-state index contributed by atoms with van der Waals surface area (Å²) >= 11 is 6.08. The first-order valence-electron chi connectivity index (χ1n) is 6.77. The van der Waals surface area contributed by atoms with Crippen LogP contribution in [0.5, 0.6) is 0 Å². The second-order valence-electron chi connectivity index (χ2n) is 5.36. The predicted molar refractivity (Wildman–Crippen MR) is 77.9 cm³/mol. The molecule has 5 heteroatoms. The minimum absolute atomic E-state index is 0.0698. The second-order valence-corrected chi connectivity index (χ2v) is 5.77. The highest BCUT2D eigenvalue weighted by atomic mass is 35.5. The lowest BCUT2D eigenvalue weighted by molar-refractivity contribution is -0.143. The topological polar surface area (TPSA) is 66.4 Å². The fourth-order valence-electron chi connectivity index (χ4n) is 2.56. The second kappa shape index (κ2) is 6.27. The maximum atomic E-state index is 12.2. The number of aliphatic carboxylic acids is 1. The van der Waals surface area contributed by atoms with E-state index in [1.165, 1.54) is 0 Å². The van der Waals surface area contributed by atoms with Crippen molar-refractivity contribution in [2.24, 2.45) is 11.8 Å². The first-order chi connectivity index (χ1) is 9.47. The smallest absolute Gasteiger partial charge is 0.306 e. The lowest BCUT2D eigenvalue weighted by Crippen LogP contribution is -2.29. The summed E-state index contributed by atoms with van der Waals surface area (Å²) in [5.74, 6) is -1.25. The molecule has 0 heterocycles. The van der Waals surface area contributed by atoms with Crippen molar-refractivity contribution in [1.82, 2.24) is 0 Å². The number of hydrogen-bond donors (Lipinski definition) is 2. The van der Waals surface area contributed by atoms with Gasteiger partial charge in [0.15, 0.2) is 0 Å². The molecule has 1 saturated carbocycles. The van der Waals surface area contributed by atoms with Gasteiger partial charge < -0.3 is 10.4 Å². The Hall–Kier alpha value is -1.55. The minimum atomic E-state index is -0.759. The van der Waals surface area contributed by atoms with Gasteiger partial charge in [-0.05, 0) is 50.3 Å². The fraction of sp³-hybridized carbons (Fsp3) is 0.467. The molecule has 1 amide bonds. The summed E-state index contributed by atoms with van der Waals surface area (Å²) in [5, 5.41) is 12.3. The lowest BCUT2D eigenvalue weighted by atomic mass is 9.81. The number of hydrogen-bond acceptors (Lipinski definition) is 2. The summed E-state index contributed by atoms with van der Waals surface area (Å²) in [5.41, 5.74) is 1.65. The first-order valence-corrected chi connectivity index (χ1v) is 7.15. The van der Waals surface area contributed by atoms with Gasteiger partial charge in [-0.15, -0.1) is 0 Å². The number of carbonyl (C=O) groups excluding carboxylic acids is 1. The van der Waals surface area contributed by atoms with Gasteiger partial charge in [-0.2, -0.15) is 0 Å². The third kappa shape index (κ3) is 3.51. The Morgan fingerprint density at radius 3 is 2.35 bits per heavy atom. The Morgan fingerprint density at radius 1 is 1.20 bits per heavy atom. The van der Waals surface area contributed by atoms with Crippen LogP contribution in [0.15, 0.2) is 18.2 Å². The van der Waals surface area contributed by atoms with Crippen molar-refractivity contribution in [3.8, 4) is 0 Å². The number of nitrogens with one attached hydrogen (secondary N) is 1. The van der Waals surface area contributed by atoms with E-state index in [1.54, 1.807) is 12.1 Å². The lowest BCUT2D eigenvalue weighted by Gasteiger charge is -2.25. The molecule has 1 aliphatic rings. The number of aryl methyl sites for hydroxylation is 1. The molecule has 0 bridgehead atoms. The van der Waals surface area contributed by atoms with Gasteiger partial charge in [0, 0.05) is 5.92 Å². The van der Waals surface area contributed by atoms with Crippen molar-refractivity contribution in [3.63, 3.8) is 0 Å². The summed E-state index contributed by atoms with van der Waals surface area (Å²) in [7, 11) is 0. The molecule has 0 atom stereocenters. The van der Waals surface area contributed by atoms with Crippen molar-refractivity contribution in [2.75, 3.05) is 5.32 Å². The van der Waals surface area contributed by atoms with Gasteiger partial charge in [0.1, 0.15) is 0 Å². The Morgan fingerprint density at radius 2 is 1.80 bits per heavy atom. The highest BCUT2D eigenvalue weighted by Crippen LogP contribution is 2.31. The number of halogens is 1. The maximum Gasteiger partial charge on any atom is 0.306 e. The largest absolute Gasteiger partial charge is 0.481 e. The average Bonchev–Trinajstić information content (AvgIpc) is 2.42. The summed E-state index contributed by atoms with van der Waals surface area (Å²) in [6.07, 6.45) is 2.36. The van der Waals surface area contributed by atoms with E-state index in [9.17, 15) is 9.59 Å². The van der Waals surface area contributed by atoms with Gasteiger partial charge in [0.2, 0.25) is 5.91 Å². The van der Waals surface area contributed by atoms with E-state index >= 15 is 0 Å². The summed E-state index contributed by atoms with van der Waals surface area (Å²) in [6.45, 7) is 1.94. The number of carboxylic acid groups (broad SMARTS) is 1. The molecule has 0 saturated heterocycles. The third-order valence-electron chi connectivity index (χ3n) is 3.83. The minimum Gasteiger partial charge on any atom is -0.481 e. The molecule has 108 valence electrons. The van der Waals surface area contributed by atoms with Crippen LogP contribution >= 0.6 is 11.6 Å². The normalized spacial score (nSPS) is 22.3. The van der Waals surface area contributed by atoms with Crippen LogP contribution in [-0.4, -0.2) is 17.0 Å². The number of benzene rings is 1. The molecule has 1 fully saturated rings.